The van der Waals surface area contributed by atoms with Crippen LogP contribution < -0.4 is 10.2 Å². The van der Waals surface area contributed by atoms with Gasteiger partial charge in [0.2, 0.25) is 0 Å². The van der Waals surface area contributed by atoms with Crippen molar-refractivity contribution in [1.29, 1.82) is 5.41 Å². The summed E-state index contributed by atoms with van der Waals surface area (Å²) in [5.41, 5.74) is 3.72. The summed E-state index contributed by atoms with van der Waals surface area (Å²) in [5.74, 6) is 5.94. The molecule has 28 heavy (non-hydrogen) atoms. The molecule has 0 radical (unpaired) electrons. The van der Waals surface area contributed by atoms with Crippen molar-refractivity contribution in [3.05, 3.63) is 46.5 Å². The fraction of sp³-hybridized carbons (Fsp3) is 0.333. The minimum Gasteiger partial charge on any atom is -0.367 e. The normalized spacial score (nSPS) is 17.7. The van der Waals surface area contributed by atoms with Crippen LogP contribution in [0.5, 0.6) is 0 Å². The second kappa shape index (κ2) is 7.39. The lowest BCUT2D eigenvalue weighted by atomic mass is 10.1. The van der Waals surface area contributed by atoms with Gasteiger partial charge in [-0.2, -0.15) is 20.1 Å². The molecule has 2 aliphatic rings. The maximum Gasteiger partial charge on any atom is 0.160 e. The maximum absolute atomic E-state index is 7.73. The first-order chi connectivity index (χ1) is 13.5. The van der Waals surface area contributed by atoms with E-state index < -0.39 is 0 Å². The monoisotopic (exact) mass is 394 g/mol. The van der Waals surface area contributed by atoms with Crippen molar-refractivity contribution in [2.24, 2.45) is 0 Å². The molecule has 2 aliphatic carbocycles. The van der Waals surface area contributed by atoms with Crippen LogP contribution in [0, 0.1) is 12.3 Å². The van der Waals surface area contributed by atoms with Crippen molar-refractivity contribution in [3.63, 3.8) is 0 Å². The van der Waals surface area contributed by atoms with Crippen molar-refractivity contribution in [2.75, 3.05) is 23.5 Å². The third-order valence-electron chi connectivity index (χ3n) is 5.04. The molecule has 0 bridgehead atoms. The molecule has 0 saturated heterocycles. The predicted octanol–water partition coefficient (Wildman–Crippen LogP) is 4.21. The Morgan fingerprint density at radius 2 is 2.21 bits per heavy atom. The van der Waals surface area contributed by atoms with E-state index in [2.05, 4.69) is 41.7 Å². The molecule has 1 fully saturated rings. The molecule has 2 aromatic rings. The van der Waals surface area contributed by atoms with Gasteiger partial charge in [0.25, 0.3) is 0 Å². The van der Waals surface area contributed by atoms with Crippen LogP contribution in [-0.4, -0.2) is 46.2 Å². The second-order valence-corrected chi connectivity index (χ2v) is 9.17. The standard InChI is InChI=1S/C21H26N6S/c1-14-20(23-16-9-10-16)24-19-12-18(25-27(19)21(14)26(2)13-22)15-7-5-6-8-17(11-15)28(3)4/h5-7,11-13,16,22H,3,8-10H2,1-2,4H3,(H,23,24). The van der Waals surface area contributed by atoms with E-state index in [4.69, 9.17) is 15.5 Å². The van der Waals surface area contributed by atoms with Gasteiger partial charge in [0.15, 0.2) is 5.65 Å². The van der Waals surface area contributed by atoms with Gasteiger partial charge in [0.1, 0.15) is 11.6 Å². The number of hydrogen-bond donors (Lipinski definition) is 2. The minimum absolute atomic E-state index is 0.0248. The van der Waals surface area contributed by atoms with E-state index in [0.29, 0.717) is 6.04 Å². The number of allylic oxidation sites excluding steroid dienone is 6. The Bertz CT molecular complexity index is 1050. The van der Waals surface area contributed by atoms with Crippen LogP contribution in [0.4, 0.5) is 11.6 Å². The molecule has 0 amide bonds. The van der Waals surface area contributed by atoms with E-state index in [1.54, 1.807) is 4.90 Å². The average molecular weight is 395 g/mol. The fourth-order valence-electron chi connectivity index (χ4n) is 3.29. The number of nitrogens with zero attached hydrogens (tertiary/aromatic N) is 4. The summed E-state index contributed by atoms with van der Waals surface area (Å²) < 4.78 is 1.84. The van der Waals surface area contributed by atoms with E-state index in [1.165, 1.54) is 24.1 Å². The molecule has 0 aromatic carbocycles. The SMILES string of the molecule is C=S(C)C1=CC(c2cc3nc(NC4CC4)c(C)c(N(C)C=N)n3n2)=CC=CC1. The van der Waals surface area contributed by atoms with Gasteiger partial charge in [0, 0.05) is 30.3 Å². The lowest BCUT2D eigenvalue weighted by Crippen LogP contribution is -2.20. The van der Waals surface area contributed by atoms with Crippen LogP contribution in [0.25, 0.3) is 11.2 Å². The van der Waals surface area contributed by atoms with Crippen LogP contribution >= 0.6 is 10.5 Å². The molecule has 1 unspecified atom stereocenters. The van der Waals surface area contributed by atoms with Crippen LogP contribution in [0.1, 0.15) is 30.5 Å². The van der Waals surface area contributed by atoms with Crippen molar-refractivity contribution in [1.82, 2.24) is 14.6 Å². The second-order valence-electron chi connectivity index (χ2n) is 7.37. The molecule has 1 atom stereocenters. The van der Waals surface area contributed by atoms with E-state index in [0.717, 1.165) is 40.5 Å². The quantitative estimate of drug-likeness (QED) is 0.437. The first kappa shape index (κ1) is 18.7. The molecule has 2 aromatic heterocycles. The average Bonchev–Trinajstić information content (AvgIpc) is 3.44. The van der Waals surface area contributed by atoms with Gasteiger partial charge in [-0.05, 0) is 43.4 Å². The number of fused-ring (bicyclic) bond motifs is 1. The minimum atomic E-state index is -0.0248. The Hall–Kier alpha value is -2.67. The largest absolute Gasteiger partial charge is 0.367 e. The molecule has 0 spiro atoms. The zero-order chi connectivity index (χ0) is 19.8. The molecule has 2 heterocycles. The van der Waals surface area contributed by atoms with Gasteiger partial charge >= 0.3 is 0 Å². The van der Waals surface area contributed by atoms with E-state index in [-0.39, 0.29) is 10.5 Å². The Balaban J connectivity index is 1.87. The van der Waals surface area contributed by atoms with Crippen molar-refractivity contribution >= 4 is 45.5 Å². The first-order valence-corrected chi connectivity index (χ1v) is 11.2. The zero-order valence-electron chi connectivity index (χ0n) is 16.6. The van der Waals surface area contributed by atoms with Gasteiger partial charge in [-0.3, -0.25) is 5.41 Å². The molecular formula is C21H26N6S. The number of nitrogens with one attached hydrogen (secondary N) is 2. The number of rotatable bonds is 6. The van der Waals surface area contributed by atoms with E-state index in [1.807, 2.05) is 24.6 Å². The van der Waals surface area contributed by atoms with Gasteiger partial charge < -0.3 is 10.2 Å². The summed E-state index contributed by atoms with van der Waals surface area (Å²) in [7, 11) is 1.84. The molecular weight excluding hydrogens is 368 g/mol. The molecule has 0 aliphatic heterocycles. The molecule has 4 rings (SSSR count). The number of hydrogen-bond acceptors (Lipinski definition) is 4. The first-order valence-electron chi connectivity index (χ1n) is 9.41. The summed E-state index contributed by atoms with van der Waals surface area (Å²) in [5, 5.41) is 16.1. The summed E-state index contributed by atoms with van der Waals surface area (Å²) >= 11 is 0. The summed E-state index contributed by atoms with van der Waals surface area (Å²) in [6.07, 6.45) is 15.3. The summed E-state index contributed by atoms with van der Waals surface area (Å²) in [4.78, 5) is 7.93. The topological polar surface area (TPSA) is 69.3 Å². The van der Waals surface area contributed by atoms with Gasteiger partial charge in [-0.1, -0.05) is 24.1 Å². The molecule has 7 heteroatoms. The molecule has 2 N–H and O–H groups in total. The fourth-order valence-corrected chi connectivity index (χ4v) is 4.00. The van der Waals surface area contributed by atoms with Crippen LogP contribution in [0.2, 0.25) is 0 Å². The Labute approximate surface area is 168 Å². The molecule has 1 saturated carbocycles. The third kappa shape index (κ3) is 3.54. The van der Waals surface area contributed by atoms with Crippen molar-refractivity contribution in [2.45, 2.75) is 32.2 Å². The summed E-state index contributed by atoms with van der Waals surface area (Å²) in [6, 6.07) is 2.53. The highest BCUT2D eigenvalue weighted by atomic mass is 32.2. The Morgan fingerprint density at radius 1 is 1.43 bits per heavy atom. The van der Waals surface area contributed by atoms with Gasteiger partial charge in [-0.25, -0.2) is 4.98 Å². The van der Waals surface area contributed by atoms with Crippen molar-refractivity contribution < 1.29 is 0 Å². The lowest BCUT2D eigenvalue weighted by Gasteiger charge is -2.19. The zero-order valence-corrected chi connectivity index (χ0v) is 17.4. The Morgan fingerprint density at radius 3 is 2.89 bits per heavy atom. The third-order valence-corrected chi connectivity index (χ3v) is 6.22. The maximum atomic E-state index is 7.73. The highest BCUT2D eigenvalue weighted by Crippen LogP contribution is 2.33. The van der Waals surface area contributed by atoms with Crippen LogP contribution in [0.3, 0.4) is 0 Å². The highest BCUT2D eigenvalue weighted by molar-refractivity contribution is 8.16. The Kier molecular flexibility index (Phi) is 4.93. The smallest absolute Gasteiger partial charge is 0.160 e. The number of anilines is 2. The van der Waals surface area contributed by atoms with Crippen LogP contribution in [-0.2, 0) is 0 Å². The predicted molar refractivity (Wildman–Crippen MR) is 122 cm³/mol. The van der Waals surface area contributed by atoms with Crippen LogP contribution in [0.15, 0.2) is 35.3 Å². The van der Waals surface area contributed by atoms with Gasteiger partial charge in [0.05, 0.1) is 12.0 Å². The molecule has 146 valence electrons. The highest BCUT2D eigenvalue weighted by Gasteiger charge is 2.25. The van der Waals surface area contributed by atoms with E-state index in [9.17, 15) is 0 Å². The molecule has 6 nitrogen and oxygen atoms in total. The van der Waals surface area contributed by atoms with E-state index >= 15 is 0 Å². The summed E-state index contributed by atoms with van der Waals surface area (Å²) in [6.45, 7) is 2.03. The number of aromatic nitrogens is 3. The lowest BCUT2D eigenvalue weighted by molar-refractivity contribution is 0.901. The van der Waals surface area contributed by atoms with Gasteiger partial charge in [-0.15, -0.1) is 0 Å². The van der Waals surface area contributed by atoms with Crippen molar-refractivity contribution in [3.8, 4) is 0 Å².